The smallest absolute Gasteiger partial charge is 0.306 e. The molecule has 0 amide bonds. The number of esters is 3. The SMILES string of the molecule is CC/C=C\C/C=C\C/C=C\C/C=C\C/C=C\C/C=C\C/C=C\C/C=C\C/C=C\C/C=C\CCCCCCC(=O)OCC(COC(=O)CCCCCCCCCC)OC(=O)CCCCCCCCCCC/C=C\C/C=C\CCCCCCC. The molecule has 0 fully saturated rings. The van der Waals surface area contributed by atoms with E-state index in [1.54, 1.807) is 0 Å². The second-order valence-electron chi connectivity index (χ2n) is 22.0. The van der Waals surface area contributed by atoms with Gasteiger partial charge >= 0.3 is 17.9 Å². The van der Waals surface area contributed by atoms with Gasteiger partial charge < -0.3 is 14.2 Å². The van der Waals surface area contributed by atoms with Gasteiger partial charge in [0.05, 0.1) is 0 Å². The molecule has 0 saturated carbocycles. The first-order chi connectivity index (χ1) is 40.5. The molecule has 0 spiro atoms. The summed E-state index contributed by atoms with van der Waals surface area (Å²) in [6, 6.07) is 0. The molecule has 6 heteroatoms. The number of hydrogen-bond donors (Lipinski definition) is 0. The van der Waals surface area contributed by atoms with Crippen molar-refractivity contribution >= 4 is 17.9 Å². The van der Waals surface area contributed by atoms with Crippen molar-refractivity contribution in [1.29, 1.82) is 0 Å². The van der Waals surface area contributed by atoms with Gasteiger partial charge in [-0.3, -0.25) is 14.4 Å². The van der Waals surface area contributed by atoms with Crippen molar-refractivity contribution in [3.8, 4) is 0 Å². The molecular weight excluding hydrogens is 1010 g/mol. The first-order valence-corrected chi connectivity index (χ1v) is 33.8. The lowest BCUT2D eigenvalue weighted by molar-refractivity contribution is -0.167. The van der Waals surface area contributed by atoms with E-state index in [0.29, 0.717) is 19.3 Å². The van der Waals surface area contributed by atoms with Gasteiger partial charge in [-0.2, -0.15) is 0 Å². The van der Waals surface area contributed by atoms with Crippen LogP contribution in [0, 0.1) is 0 Å². The molecule has 0 heterocycles. The largest absolute Gasteiger partial charge is 0.462 e. The zero-order chi connectivity index (χ0) is 59.2. The molecule has 0 aliphatic rings. The van der Waals surface area contributed by atoms with E-state index in [-0.39, 0.29) is 31.1 Å². The maximum atomic E-state index is 12.9. The van der Waals surface area contributed by atoms with Gasteiger partial charge in [0.15, 0.2) is 6.10 Å². The van der Waals surface area contributed by atoms with Crippen LogP contribution in [0.15, 0.2) is 146 Å². The zero-order valence-electron chi connectivity index (χ0n) is 53.2. The van der Waals surface area contributed by atoms with Gasteiger partial charge in [0, 0.05) is 19.3 Å². The van der Waals surface area contributed by atoms with Crippen LogP contribution in [0.25, 0.3) is 0 Å². The summed E-state index contributed by atoms with van der Waals surface area (Å²) in [5, 5.41) is 0. The molecule has 0 saturated heterocycles. The molecule has 0 aromatic heterocycles. The van der Waals surface area contributed by atoms with Gasteiger partial charge in [-0.05, 0) is 128 Å². The minimum Gasteiger partial charge on any atom is -0.462 e. The van der Waals surface area contributed by atoms with Crippen LogP contribution in [-0.4, -0.2) is 37.2 Å². The Morgan fingerprint density at radius 1 is 0.256 bits per heavy atom. The van der Waals surface area contributed by atoms with Crippen LogP contribution in [-0.2, 0) is 28.6 Å². The zero-order valence-corrected chi connectivity index (χ0v) is 53.2. The second kappa shape index (κ2) is 68.8. The fourth-order valence-electron chi connectivity index (χ4n) is 9.03. The van der Waals surface area contributed by atoms with Gasteiger partial charge in [-0.25, -0.2) is 0 Å². The molecule has 0 aromatic carbocycles. The Morgan fingerprint density at radius 2 is 0.476 bits per heavy atom. The van der Waals surface area contributed by atoms with Crippen molar-refractivity contribution in [1.82, 2.24) is 0 Å². The number of ether oxygens (including phenoxy) is 3. The van der Waals surface area contributed by atoms with Crippen LogP contribution in [0.4, 0.5) is 0 Å². The summed E-state index contributed by atoms with van der Waals surface area (Å²) in [6.45, 7) is 6.47. The molecule has 0 rings (SSSR count). The van der Waals surface area contributed by atoms with E-state index in [2.05, 4.69) is 167 Å². The maximum absolute atomic E-state index is 12.9. The highest BCUT2D eigenvalue weighted by atomic mass is 16.6. The molecular formula is C76H124O6. The summed E-state index contributed by atoms with van der Waals surface area (Å²) >= 11 is 0. The maximum Gasteiger partial charge on any atom is 0.306 e. The summed E-state index contributed by atoms with van der Waals surface area (Å²) in [5.41, 5.74) is 0. The molecule has 0 radical (unpaired) electrons. The topological polar surface area (TPSA) is 78.9 Å². The average Bonchev–Trinajstić information content (AvgIpc) is 3.47. The summed E-state index contributed by atoms with van der Waals surface area (Å²) in [5.74, 6) is -0.923. The molecule has 0 aliphatic carbocycles. The Morgan fingerprint density at radius 3 is 0.744 bits per heavy atom. The number of rotatable bonds is 60. The van der Waals surface area contributed by atoms with E-state index in [1.807, 2.05) is 0 Å². The summed E-state index contributed by atoms with van der Waals surface area (Å²) in [6.07, 6.45) is 98.8. The lowest BCUT2D eigenvalue weighted by Crippen LogP contribution is -2.30. The lowest BCUT2D eigenvalue weighted by atomic mass is 10.1. The van der Waals surface area contributed by atoms with Crippen molar-refractivity contribution in [2.24, 2.45) is 0 Å². The molecule has 464 valence electrons. The Kier molecular flexibility index (Phi) is 64.8. The normalized spacial score (nSPS) is 13.1. The van der Waals surface area contributed by atoms with Gasteiger partial charge in [-0.15, -0.1) is 0 Å². The first kappa shape index (κ1) is 77.3. The minimum absolute atomic E-state index is 0.0900. The third-order valence-corrected chi connectivity index (χ3v) is 14.1. The molecule has 0 aromatic rings. The van der Waals surface area contributed by atoms with Crippen molar-refractivity contribution in [2.45, 2.75) is 303 Å². The monoisotopic (exact) mass is 1130 g/mol. The molecule has 0 N–H and O–H groups in total. The third kappa shape index (κ3) is 66.1. The van der Waals surface area contributed by atoms with Crippen molar-refractivity contribution in [3.05, 3.63) is 146 Å². The molecule has 82 heavy (non-hydrogen) atoms. The summed E-state index contributed by atoms with van der Waals surface area (Å²) in [4.78, 5) is 38.2. The van der Waals surface area contributed by atoms with E-state index >= 15 is 0 Å². The van der Waals surface area contributed by atoms with E-state index in [0.717, 1.165) is 141 Å². The number of allylic oxidation sites excluding steroid dienone is 24. The van der Waals surface area contributed by atoms with E-state index in [4.69, 9.17) is 14.2 Å². The van der Waals surface area contributed by atoms with Crippen molar-refractivity contribution < 1.29 is 28.6 Å². The van der Waals surface area contributed by atoms with Gasteiger partial charge in [0.2, 0.25) is 0 Å². The third-order valence-electron chi connectivity index (χ3n) is 14.1. The highest BCUT2D eigenvalue weighted by Gasteiger charge is 2.19. The number of carbonyl (C=O) groups is 3. The lowest BCUT2D eigenvalue weighted by Gasteiger charge is -2.18. The fraction of sp³-hybridized carbons (Fsp3) is 0.645. The van der Waals surface area contributed by atoms with Crippen LogP contribution in [0.5, 0.6) is 0 Å². The van der Waals surface area contributed by atoms with E-state index in [1.165, 1.54) is 116 Å². The molecule has 0 bridgehead atoms. The van der Waals surface area contributed by atoms with Crippen LogP contribution in [0.1, 0.15) is 297 Å². The Bertz CT molecular complexity index is 1780. The van der Waals surface area contributed by atoms with Crippen LogP contribution < -0.4 is 0 Å². The summed E-state index contributed by atoms with van der Waals surface area (Å²) < 4.78 is 16.8. The van der Waals surface area contributed by atoms with Crippen LogP contribution >= 0.6 is 0 Å². The van der Waals surface area contributed by atoms with Crippen molar-refractivity contribution in [2.75, 3.05) is 13.2 Å². The highest BCUT2D eigenvalue weighted by Crippen LogP contribution is 2.15. The minimum atomic E-state index is -0.794. The van der Waals surface area contributed by atoms with Crippen LogP contribution in [0.3, 0.4) is 0 Å². The molecule has 6 nitrogen and oxygen atoms in total. The standard InChI is InChI=1S/C76H124O6/c1-4-7-10-13-16-19-21-23-25-27-29-31-32-33-34-35-36-37-38-39-40-41-42-43-44-46-47-49-51-53-55-57-60-63-66-69-75(78)81-72-73(71-80-74(77)68-65-62-59-18-15-12-9-6-3)82-76(79)70-67-64-61-58-56-54-52-50-48-45-30-28-26-24-22-20-17-14-11-8-5-2/h7,10,16,19,22-25,28-31,33-34,36-37,39-40,42-43,46-47,51,53,73H,4-6,8-9,11-15,17-18,20-21,26-27,32,35,38,41,44-45,48-50,52,54-72H2,1-3H3/b10-7-,19-16-,24-22-,25-23-,30-28-,31-29-,34-33-,37-36-,40-39-,43-42-,47-46-,53-51-. The Labute approximate surface area is 506 Å². The molecule has 1 unspecified atom stereocenters. The first-order valence-electron chi connectivity index (χ1n) is 33.8. The van der Waals surface area contributed by atoms with Crippen molar-refractivity contribution in [3.63, 3.8) is 0 Å². The second-order valence-corrected chi connectivity index (χ2v) is 22.0. The quantitative estimate of drug-likeness (QED) is 0.0261. The highest BCUT2D eigenvalue weighted by molar-refractivity contribution is 5.71. The van der Waals surface area contributed by atoms with E-state index < -0.39 is 6.10 Å². The van der Waals surface area contributed by atoms with Gasteiger partial charge in [0.25, 0.3) is 0 Å². The molecule has 0 aliphatic heterocycles. The predicted octanol–water partition coefficient (Wildman–Crippen LogP) is 23.5. The number of hydrogen-bond acceptors (Lipinski definition) is 6. The Balaban J connectivity index is 4.24. The van der Waals surface area contributed by atoms with E-state index in [9.17, 15) is 14.4 Å². The predicted molar refractivity (Wildman–Crippen MR) is 357 cm³/mol. The summed E-state index contributed by atoms with van der Waals surface area (Å²) in [7, 11) is 0. The number of unbranched alkanes of at least 4 members (excludes halogenated alkanes) is 25. The van der Waals surface area contributed by atoms with Gasteiger partial charge in [-0.1, -0.05) is 295 Å². The number of carbonyl (C=O) groups excluding carboxylic acids is 3. The molecule has 1 atom stereocenters. The average molecular weight is 1130 g/mol. The Hall–Kier alpha value is -4.71. The van der Waals surface area contributed by atoms with Crippen LogP contribution in [0.2, 0.25) is 0 Å². The fourth-order valence-corrected chi connectivity index (χ4v) is 9.03. The van der Waals surface area contributed by atoms with Gasteiger partial charge in [0.1, 0.15) is 13.2 Å².